The van der Waals surface area contributed by atoms with E-state index >= 15 is 0 Å². The number of aromatic hydroxyl groups is 1. The minimum atomic E-state index is -0.382. The lowest BCUT2D eigenvalue weighted by molar-refractivity contribution is 0.0997. The van der Waals surface area contributed by atoms with Crippen molar-refractivity contribution in [3.63, 3.8) is 0 Å². The summed E-state index contributed by atoms with van der Waals surface area (Å²) in [4.78, 5) is 16.7. The maximum atomic E-state index is 12.2. The van der Waals surface area contributed by atoms with Gasteiger partial charge in [0.05, 0.1) is 10.2 Å². The van der Waals surface area contributed by atoms with E-state index in [-0.39, 0.29) is 17.4 Å². The molecule has 0 aliphatic rings. The molecule has 0 aliphatic carbocycles. The quantitative estimate of drug-likeness (QED) is 0.577. The van der Waals surface area contributed by atoms with E-state index < -0.39 is 0 Å². The number of nitrogens with one attached hydrogen (secondary N) is 1. The first-order valence-electron chi connectivity index (χ1n) is 7.25. The van der Waals surface area contributed by atoms with Crippen molar-refractivity contribution < 1.29 is 14.3 Å². The van der Waals surface area contributed by atoms with E-state index in [2.05, 4.69) is 10.3 Å². The predicted molar refractivity (Wildman–Crippen MR) is 93.4 cm³/mol. The summed E-state index contributed by atoms with van der Waals surface area (Å²) in [5.41, 5.74) is 1.40. The van der Waals surface area contributed by atoms with Gasteiger partial charge in [0.15, 0.2) is 16.5 Å². The Kier molecular flexibility index (Phi) is 3.51. The van der Waals surface area contributed by atoms with E-state index in [0.717, 1.165) is 15.2 Å². The zero-order chi connectivity index (χ0) is 16.5. The average molecular weight is 336 g/mol. The van der Waals surface area contributed by atoms with Crippen LogP contribution in [0.1, 0.15) is 10.6 Å². The average Bonchev–Trinajstić information content (AvgIpc) is 3.21. The lowest BCUT2D eigenvalue weighted by Crippen LogP contribution is -2.10. The molecular weight excluding hydrogens is 324 g/mol. The fraction of sp³-hybridized carbons (Fsp3) is 0. The van der Waals surface area contributed by atoms with Crippen molar-refractivity contribution in [3.05, 3.63) is 66.4 Å². The van der Waals surface area contributed by atoms with Crippen LogP contribution >= 0.6 is 11.3 Å². The molecule has 0 radical (unpaired) electrons. The number of carbonyl (C=O) groups is 1. The van der Waals surface area contributed by atoms with Crippen molar-refractivity contribution >= 4 is 33.1 Å². The van der Waals surface area contributed by atoms with Crippen LogP contribution in [0.4, 0.5) is 5.69 Å². The van der Waals surface area contributed by atoms with Gasteiger partial charge in [-0.2, -0.15) is 0 Å². The molecule has 0 saturated carbocycles. The van der Waals surface area contributed by atoms with Gasteiger partial charge in [-0.15, -0.1) is 11.3 Å². The number of benzene rings is 2. The second kappa shape index (κ2) is 5.82. The first-order valence-corrected chi connectivity index (χ1v) is 8.07. The summed E-state index contributed by atoms with van der Waals surface area (Å²) in [6.45, 7) is 0. The molecule has 6 heteroatoms. The predicted octanol–water partition coefficient (Wildman–Crippen LogP) is 4.51. The number of para-hydroxylation sites is 1. The largest absolute Gasteiger partial charge is 0.508 e. The first-order chi connectivity index (χ1) is 11.7. The first kappa shape index (κ1) is 14.5. The molecule has 2 aromatic carbocycles. The van der Waals surface area contributed by atoms with E-state index in [9.17, 15) is 9.90 Å². The number of anilines is 1. The van der Waals surface area contributed by atoms with Gasteiger partial charge in [-0.1, -0.05) is 18.2 Å². The summed E-state index contributed by atoms with van der Waals surface area (Å²) in [6, 6.07) is 17.5. The molecule has 0 bridgehead atoms. The topological polar surface area (TPSA) is 75.4 Å². The molecule has 24 heavy (non-hydrogen) atoms. The molecule has 0 fully saturated rings. The van der Waals surface area contributed by atoms with Gasteiger partial charge in [0, 0.05) is 11.8 Å². The highest BCUT2D eigenvalue weighted by molar-refractivity contribution is 7.21. The molecule has 4 rings (SSSR count). The van der Waals surface area contributed by atoms with E-state index in [1.807, 2.05) is 24.3 Å². The number of nitrogens with zero attached hydrogens (tertiary/aromatic N) is 1. The number of carbonyl (C=O) groups excluding carboxylic acids is 1. The lowest BCUT2D eigenvalue weighted by Gasteiger charge is -2.03. The Morgan fingerprint density at radius 3 is 2.79 bits per heavy atom. The van der Waals surface area contributed by atoms with E-state index in [4.69, 9.17) is 4.42 Å². The Hall–Kier alpha value is -3.12. The minimum absolute atomic E-state index is 0.0856. The molecule has 0 atom stereocenters. The molecule has 2 heterocycles. The lowest BCUT2D eigenvalue weighted by atomic mass is 10.3. The molecule has 5 nitrogen and oxygen atoms in total. The monoisotopic (exact) mass is 336 g/mol. The van der Waals surface area contributed by atoms with Crippen LogP contribution in [-0.4, -0.2) is 16.0 Å². The van der Waals surface area contributed by atoms with Crippen molar-refractivity contribution in [1.29, 1.82) is 0 Å². The van der Waals surface area contributed by atoms with E-state index in [1.54, 1.807) is 24.3 Å². The van der Waals surface area contributed by atoms with Crippen molar-refractivity contribution in [2.75, 3.05) is 5.32 Å². The minimum Gasteiger partial charge on any atom is -0.508 e. The summed E-state index contributed by atoms with van der Waals surface area (Å²) < 4.78 is 6.70. The van der Waals surface area contributed by atoms with Gasteiger partial charge >= 0.3 is 0 Å². The van der Waals surface area contributed by atoms with Gasteiger partial charge in [0.1, 0.15) is 5.75 Å². The Bertz CT molecular complexity index is 1000. The molecule has 0 aliphatic heterocycles. The number of phenols is 1. The van der Waals surface area contributed by atoms with Gasteiger partial charge < -0.3 is 14.8 Å². The molecule has 1 amide bonds. The van der Waals surface area contributed by atoms with Crippen LogP contribution in [0.2, 0.25) is 0 Å². The molecular formula is C18H12N2O3S. The van der Waals surface area contributed by atoms with Crippen LogP contribution in [0.5, 0.6) is 5.75 Å². The molecule has 0 unspecified atom stereocenters. The molecule has 118 valence electrons. The standard InChI is InChI=1S/C18H12N2O3S/c21-12-5-3-4-11(10-12)19-17(22)14-8-9-15(23-14)18-20-13-6-1-2-7-16(13)24-18/h1-10,21H,(H,19,22). The van der Waals surface area contributed by atoms with Gasteiger partial charge in [-0.05, 0) is 36.4 Å². The maximum Gasteiger partial charge on any atom is 0.291 e. The van der Waals surface area contributed by atoms with Gasteiger partial charge in [-0.3, -0.25) is 4.79 Å². The highest BCUT2D eigenvalue weighted by Crippen LogP contribution is 2.31. The van der Waals surface area contributed by atoms with Crippen molar-refractivity contribution in [2.45, 2.75) is 0 Å². The maximum absolute atomic E-state index is 12.2. The van der Waals surface area contributed by atoms with E-state index in [0.29, 0.717) is 11.4 Å². The van der Waals surface area contributed by atoms with Crippen LogP contribution in [0, 0.1) is 0 Å². The number of hydrogen-bond donors (Lipinski definition) is 2. The Morgan fingerprint density at radius 2 is 1.96 bits per heavy atom. The number of rotatable bonds is 3. The fourth-order valence-corrected chi connectivity index (χ4v) is 3.26. The number of phenolic OH excluding ortho intramolecular Hbond substituents is 1. The van der Waals surface area contributed by atoms with Crippen LogP contribution in [0.3, 0.4) is 0 Å². The summed E-state index contributed by atoms with van der Waals surface area (Å²) in [7, 11) is 0. The summed E-state index contributed by atoms with van der Waals surface area (Å²) in [6.07, 6.45) is 0. The third-order valence-electron chi connectivity index (χ3n) is 3.44. The Morgan fingerprint density at radius 1 is 1.08 bits per heavy atom. The van der Waals surface area contributed by atoms with Crippen molar-refractivity contribution in [1.82, 2.24) is 4.98 Å². The SMILES string of the molecule is O=C(Nc1cccc(O)c1)c1ccc(-c2nc3ccccc3s2)o1. The third kappa shape index (κ3) is 2.75. The Labute approximate surface area is 141 Å². The van der Waals surface area contributed by atoms with Gasteiger partial charge in [0.2, 0.25) is 0 Å². The number of aromatic nitrogens is 1. The third-order valence-corrected chi connectivity index (χ3v) is 4.49. The molecule has 0 spiro atoms. The number of furan rings is 1. The summed E-state index contributed by atoms with van der Waals surface area (Å²) >= 11 is 1.51. The highest BCUT2D eigenvalue weighted by atomic mass is 32.1. The normalized spacial score (nSPS) is 10.8. The van der Waals surface area contributed by atoms with Crippen molar-refractivity contribution in [2.24, 2.45) is 0 Å². The molecule has 2 aromatic heterocycles. The smallest absolute Gasteiger partial charge is 0.291 e. The number of fused-ring (bicyclic) bond motifs is 1. The zero-order valence-corrected chi connectivity index (χ0v) is 13.2. The zero-order valence-electron chi connectivity index (χ0n) is 12.4. The van der Waals surface area contributed by atoms with Crippen LogP contribution in [-0.2, 0) is 0 Å². The van der Waals surface area contributed by atoms with E-state index in [1.165, 1.54) is 23.5 Å². The number of amides is 1. The second-order valence-corrected chi connectivity index (χ2v) is 6.19. The Balaban J connectivity index is 1.58. The van der Waals surface area contributed by atoms with Crippen LogP contribution in [0.15, 0.2) is 65.1 Å². The summed E-state index contributed by atoms with van der Waals surface area (Å²) in [5.74, 6) is 0.445. The van der Waals surface area contributed by atoms with Crippen LogP contribution in [0.25, 0.3) is 21.0 Å². The van der Waals surface area contributed by atoms with Crippen molar-refractivity contribution in [3.8, 4) is 16.5 Å². The highest BCUT2D eigenvalue weighted by Gasteiger charge is 2.15. The number of thiazole rings is 1. The number of hydrogen-bond acceptors (Lipinski definition) is 5. The summed E-state index contributed by atoms with van der Waals surface area (Å²) in [5, 5.41) is 12.8. The molecule has 4 aromatic rings. The van der Waals surface area contributed by atoms with Gasteiger partial charge in [0.25, 0.3) is 5.91 Å². The fourth-order valence-electron chi connectivity index (χ4n) is 2.33. The van der Waals surface area contributed by atoms with Gasteiger partial charge in [-0.25, -0.2) is 4.98 Å². The van der Waals surface area contributed by atoms with Crippen LogP contribution < -0.4 is 5.32 Å². The second-order valence-electron chi connectivity index (χ2n) is 5.16. The molecule has 0 saturated heterocycles. The molecule has 2 N–H and O–H groups in total.